The van der Waals surface area contributed by atoms with Crippen molar-refractivity contribution in [3.63, 3.8) is 0 Å². The Kier molecular flexibility index (Phi) is 16.0. The van der Waals surface area contributed by atoms with Crippen LogP contribution in [0, 0.1) is 0 Å². The van der Waals surface area contributed by atoms with Gasteiger partial charge in [-0.25, -0.2) is 0 Å². The number of fused-ring (bicyclic) bond motifs is 14. The molecular weight excluding hydrogens is 1340 g/mol. The number of hydrogen-bond acceptors (Lipinski definition) is 1. The van der Waals surface area contributed by atoms with Crippen molar-refractivity contribution in [1.82, 2.24) is 0 Å². The van der Waals surface area contributed by atoms with Crippen LogP contribution >= 0.6 is 0 Å². The molecule has 0 atom stereocenters. The summed E-state index contributed by atoms with van der Waals surface area (Å²) in [7, 11) is 0. The first kappa shape index (κ1) is 64.8. The van der Waals surface area contributed by atoms with Gasteiger partial charge < -0.3 is 4.42 Å². The summed E-state index contributed by atoms with van der Waals surface area (Å²) in [5.41, 5.74) is 19.5. The molecule has 1 aromatic heterocycles. The second-order valence-electron chi connectivity index (χ2n) is 29.1. The van der Waals surface area contributed by atoms with Crippen LogP contribution in [0.3, 0.4) is 0 Å². The van der Waals surface area contributed by atoms with Crippen LogP contribution in [0.5, 0.6) is 0 Å². The van der Waals surface area contributed by atoms with Gasteiger partial charge in [0.15, 0.2) is 0 Å². The molecule has 0 spiro atoms. The molecule has 23 rings (SSSR count). The molecule has 23 aromatic rings. The molecule has 0 aliphatic carbocycles. The van der Waals surface area contributed by atoms with Gasteiger partial charge in [0.25, 0.3) is 0 Å². The second kappa shape index (κ2) is 27.4. The van der Waals surface area contributed by atoms with Crippen molar-refractivity contribution in [2.75, 3.05) is 0 Å². The smallest absolute Gasteiger partial charge is 0.143 e. The zero-order valence-electron chi connectivity index (χ0n) is 60.8. The number of rotatable bonds is 7. The van der Waals surface area contributed by atoms with E-state index in [2.05, 4.69) is 419 Å². The molecule has 0 N–H and O–H groups in total. The summed E-state index contributed by atoms with van der Waals surface area (Å²) < 4.78 is 6.51. The van der Waals surface area contributed by atoms with E-state index >= 15 is 0 Å². The Bertz CT molecular complexity index is 7460. The van der Waals surface area contributed by atoms with E-state index in [1.807, 2.05) is 6.07 Å². The van der Waals surface area contributed by atoms with Crippen molar-refractivity contribution in [2.45, 2.75) is 0 Å². The van der Waals surface area contributed by atoms with Crippen LogP contribution < -0.4 is 0 Å². The molecule has 111 heavy (non-hydrogen) atoms. The highest BCUT2D eigenvalue weighted by atomic mass is 16.3. The maximum atomic E-state index is 6.51. The Morgan fingerprint density at radius 1 is 0.126 bits per heavy atom. The van der Waals surface area contributed by atoms with E-state index in [1.54, 1.807) is 0 Å². The van der Waals surface area contributed by atoms with Gasteiger partial charge in [0.1, 0.15) is 11.2 Å². The highest BCUT2D eigenvalue weighted by molar-refractivity contribution is 6.28. The first-order valence-electron chi connectivity index (χ1n) is 38.4. The molecule has 0 radical (unpaired) electrons. The Morgan fingerprint density at radius 2 is 0.369 bits per heavy atom. The molecule has 1 nitrogen and oxygen atoms in total. The molecule has 0 saturated heterocycles. The molecule has 1 heteroatoms. The monoisotopic (exact) mass is 1410 g/mol. The predicted molar refractivity (Wildman–Crippen MR) is 477 cm³/mol. The SMILES string of the molecule is c1ccc2c(-c3c4ccccc4c(-c4cccc5c4oc4ccccc45)c4ccccc34)cccc2c1.c1ccc2cc(-c3c4ccccc4c(-c4ccc(-c5cccc6ccccc56)cc4)c4ccccc34)ccc2c1.c1ccc2cc(-c3c4ccccc4c(-c4cccc5ccccc45)c4ccccc34)ccc2c1. The van der Waals surface area contributed by atoms with Gasteiger partial charge in [-0.05, 0) is 203 Å². The highest BCUT2D eigenvalue weighted by Gasteiger charge is 2.24. The van der Waals surface area contributed by atoms with Crippen molar-refractivity contribution < 1.29 is 4.42 Å². The van der Waals surface area contributed by atoms with Gasteiger partial charge in [-0.2, -0.15) is 0 Å². The quantitative estimate of drug-likeness (QED) is 0.145. The van der Waals surface area contributed by atoms with E-state index in [0.29, 0.717) is 0 Å². The summed E-state index contributed by atoms with van der Waals surface area (Å²) >= 11 is 0. The maximum absolute atomic E-state index is 6.51. The third-order valence-corrected chi connectivity index (χ3v) is 22.9. The van der Waals surface area contributed by atoms with E-state index in [4.69, 9.17) is 4.42 Å². The first-order valence-corrected chi connectivity index (χ1v) is 38.4. The van der Waals surface area contributed by atoms with Crippen molar-refractivity contribution in [3.8, 4) is 77.9 Å². The number of para-hydroxylation sites is 2. The summed E-state index contributed by atoms with van der Waals surface area (Å²) in [4.78, 5) is 0. The molecular formula is C110H70O. The fourth-order valence-corrected chi connectivity index (χ4v) is 18.0. The summed E-state index contributed by atoms with van der Waals surface area (Å²) in [6.07, 6.45) is 0. The van der Waals surface area contributed by atoms with Crippen molar-refractivity contribution >= 4 is 140 Å². The minimum absolute atomic E-state index is 0.922. The lowest BCUT2D eigenvalue weighted by molar-refractivity contribution is 0.670. The van der Waals surface area contributed by atoms with Crippen molar-refractivity contribution in [2.24, 2.45) is 0 Å². The molecule has 22 aromatic carbocycles. The fourth-order valence-electron chi connectivity index (χ4n) is 18.0. The third-order valence-electron chi connectivity index (χ3n) is 22.9. The second-order valence-corrected chi connectivity index (χ2v) is 29.1. The Labute approximate surface area is 643 Å². The van der Waals surface area contributed by atoms with E-state index in [1.165, 1.54) is 191 Å². The molecule has 0 fully saturated rings. The average molecular weight is 1410 g/mol. The van der Waals surface area contributed by atoms with Gasteiger partial charge >= 0.3 is 0 Å². The normalized spacial score (nSPS) is 11.6. The molecule has 0 aliphatic rings. The minimum atomic E-state index is 0.922. The number of furan rings is 1. The van der Waals surface area contributed by atoms with Crippen LogP contribution in [0.2, 0.25) is 0 Å². The number of benzene rings is 22. The van der Waals surface area contributed by atoms with Crippen LogP contribution in [-0.4, -0.2) is 0 Å². The average Bonchev–Trinajstić information content (AvgIpc) is 1.71. The number of hydrogen-bond donors (Lipinski definition) is 0. The van der Waals surface area contributed by atoms with Crippen LogP contribution in [0.4, 0.5) is 0 Å². The standard InChI is InChI=1S/C40H26.C36H22O.C34H22/c1-2-12-31-26-32(25-20-27(31)10-1)40-37-17-7-5-15-35(37)39(36-16-6-8-18-38(36)40)30-23-21-29(22-24-30)34-19-9-13-28-11-3-4-14-33(28)34;1-2-13-24-23(11-1)12-9-19-26(24)34-27-15-3-5-17-29(27)35(30-18-6-4-16-28(30)34)32-21-10-20-31-25-14-7-8-22-33(25)37-36(31)32;1-2-12-25-22-26(21-20-23(25)10-1)33-29-15-5-7-17-31(29)34(32-18-8-6-16-30(32)33)28-19-9-13-24-11-3-4-14-27(24)28/h1-26H;1-22H;1-22H. The highest BCUT2D eigenvalue weighted by Crippen LogP contribution is 2.51. The Hall–Kier alpha value is -14.5. The molecule has 1 heterocycles. The predicted octanol–water partition coefficient (Wildman–Crippen LogP) is 31.3. The Balaban J connectivity index is 0.000000106. The summed E-state index contributed by atoms with van der Waals surface area (Å²) in [6.45, 7) is 0. The van der Waals surface area contributed by atoms with Gasteiger partial charge in [-0.15, -0.1) is 0 Å². The topological polar surface area (TPSA) is 13.1 Å². The molecule has 0 unspecified atom stereocenters. The van der Waals surface area contributed by atoms with Crippen molar-refractivity contribution in [3.05, 3.63) is 425 Å². The summed E-state index contributed by atoms with van der Waals surface area (Å²) in [6, 6.07) is 154. The van der Waals surface area contributed by atoms with Gasteiger partial charge in [0.05, 0.1) is 0 Å². The van der Waals surface area contributed by atoms with E-state index in [0.717, 1.165) is 27.5 Å². The van der Waals surface area contributed by atoms with Crippen LogP contribution in [0.25, 0.3) is 218 Å². The van der Waals surface area contributed by atoms with E-state index in [-0.39, 0.29) is 0 Å². The van der Waals surface area contributed by atoms with E-state index in [9.17, 15) is 0 Å². The summed E-state index contributed by atoms with van der Waals surface area (Å²) in [5.74, 6) is 0. The van der Waals surface area contributed by atoms with Gasteiger partial charge in [0, 0.05) is 21.9 Å². The lowest BCUT2D eigenvalue weighted by Gasteiger charge is -2.19. The molecule has 0 aliphatic heterocycles. The third kappa shape index (κ3) is 11.2. The minimum Gasteiger partial charge on any atom is -0.455 e. The zero-order valence-corrected chi connectivity index (χ0v) is 60.8. The van der Waals surface area contributed by atoms with Gasteiger partial charge in [-0.1, -0.05) is 406 Å². The molecule has 0 saturated carbocycles. The van der Waals surface area contributed by atoms with Crippen LogP contribution in [0.1, 0.15) is 0 Å². The zero-order chi connectivity index (χ0) is 73.3. The largest absolute Gasteiger partial charge is 0.455 e. The maximum Gasteiger partial charge on any atom is 0.143 e. The lowest BCUT2D eigenvalue weighted by Crippen LogP contribution is -1.91. The molecule has 516 valence electrons. The molecule has 0 amide bonds. The van der Waals surface area contributed by atoms with Gasteiger partial charge in [0.2, 0.25) is 0 Å². The van der Waals surface area contributed by atoms with Crippen LogP contribution in [-0.2, 0) is 0 Å². The summed E-state index contributed by atoms with van der Waals surface area (Å²) in [5, 5.41) is 30.3. The lowest BCUT2D eigenvalue weighted by atomic mass is 9.84. The van der Waals surface area contributed by atoms with Crippen molar-refractivity contribution in [1.29, 1.82) is 0 Å². The molecule has 0 bridgehead atoms. The van der Waals surface area contributed by atoms with Gasteiger partial charge in [-0.3, -0.25) is 0 Å². The first-order chi connectivity index (χ1) is 55.1. The Morgan fingerprint density at radius 3 is 0.766 bits per heavy atom. The van der Waals surface area contributed by atoms with E-state index < -0.39 is 0 Å². The van der Waals surface area contributed by atoms with Crippen LogP contribution in [0.15, 0.2) is 429 Å². The fraction of sp³-hybridized carbons (Fsp3) is 0.